The number of sulfonamides is 1. The van der Waals surface area contributed by atoms with E-state index in [-0.39, 0.29) is 21.4 Å². The van der Waals surface area contributed by atoms with Gasteiger partial charge in [-0.3, -0.25) is 4.79 Å². The molecule has 2 aromatic rings. The molecular formula is C20H23ClN2O5S. The maximum absolute atomic E-state index is 12.8. The van der Waals surface area contributed by atoms with Crippen molar-refractivity contribution in [2.75, 3.05) is 14.1 Å². The predicted octanol–water partition coefficient (Wildman–Crippen LogP) is 2.95. The lowest BCUT2D eigenvalue weighted by Crippen LogP contribution is -2.46. The van der Waals surface area contributed by atoms with Gasteiger partial charge in [0.1, 0.15) is 11.8 Å². The topological polar surface area (TPSA) is 92.8 Å². The number of esters is 1. The van der Waals surface area contributed by atoms with E-state index in [1.807, 2.05) is 0 Å². The zero-order valence-electron chi connectivity index (χ0n) is 16.5. The monoisotopic (exact) mass is 438 g/mol. The quantitative estimate of drug-likeness (QED) is 0.530. The Bertz CT molecular complexity index is 991. The van der Waals surface area contributed by atoms with Crippen LogP contribution < -0.4 is 10.1 Å². The first-order valence-electron chi connectivity index (χ1n) is 8.83. The van der Waals surface area contributed by atoms with E-state index < -0.39 is 27.9 Å². The Morgan fingerprint density at radius 3 is 2.24 bits per heavy atom. The molecule has 0 unspecified atom stereocenters. The Morgan fingerprint density at radius 1 is 1.07 bits per heavy atom. The van der Waals surface area contributed by atoms with Crippen LogP contribution in [0.4, 0.5) is 0 Å². The van der Waals surface area contributed by atoms with Crippen LogP contribution in [0.15, 0.2) is 53.4 Å². The van der Waals surface area contributed by atoms with Crippen molar-refractivity contribution in [1.82, 2.24) is 9.62 Å². The number of carbonyl (C=O) groups excluding carboxylic acids is 2. The summed E-state index contributed by atoms with van der Waals surface area (Å²) in [5.41, 5.74) is -0.0484. The van der Waals surface area contributed by atoms with Gasteiger partial charge in [-0.15, -0.1) is 0 Å². The molecule has 156 valence electrons. The number of carbonyl (C=O) groups is 2. The Labute approximate surface area is 175 Å². The highest BCUT2D eigenvalue weighted by Gasteiger charge is 2.28. The number of hydrogen-bond donors (Lipinski definition) is 1. The van der Waals surface area contributed by atoms with Crippen molar-refractivity contribution >= 4 is 33.5 Å². The Hall–Kier alpha value is -2.42. The van der Waals surface area contributed by atoms with E-state index in [1.165, 1.54) is 32.3 Å². The molecule has 0 saturated heterocycles. The molecule has 1 atom stereocenters. The molecule has 0 heterocycles. The smallest absolute Gasteiger partial charge is 0.334 e. The van der Waals surface area contributed by atoms with Crippen molar-refractivity contribution < 1.29 is 22.7 Å². The largest absolute Gasteiger partial charge is 0.425 e. The molecule has 0 spiro atoms. The minimum atomic E-state index is -3.75. The second kappa shape index (κ2) is 9.39. The first kappa shape index (κ1) is 22.9. The van der Waals surface area contributed by atoms with Crippen LogP contribution in [0.5, 0.6) is 5.75 Å². The minimum Gasteiger partial charge on any atom is -0.425 e. The van der Waals surface area contributed by atoms with E-state index in [0.717, 1.165) is 4.31 Å². The molecule has 1 N–H and O–H groups in total. The third kappa shape index (κ3) is 5.56. The van der Waals surface area contributed by atoms with Gasteiger partial charge in [-0.2, -0.15) is 0 Å². The summed E-state index contributed by atoms with van der Waals surface area (Å²) in [5.74, 6) is -1.22. The molecule has 9 heteroatoms. The predicted molar refractivity (Wildman–Crippen MR) is 110 cm³/mol. The van der Waals surface area contributed by atoms with Gasteiger partial charge >= 0.3 is 5.97 Å². The number of ether oxygens (including phenoxy) is 1. The van der Waals surface area contributed by atoms with Crippen LogP contribution >= 0.6 is 11.6 Å². The average Bonchev–Trinajstić information content (AvgIpc) is 2.66. The van der Waals surface area contributed by atoms with E-state index in [4.69, 9.17) is 16.3 Å². The number of para-hydroxylation sites is 1. The third-order valence-corrected chi connectivity index (χ3v) is 6.27. The molecule has 2 aromatic carbocycles. The number of nitrogens with one attached hydrogen (secondary N) is 1. The molecule has 0 aliphatic heterocycles. The van der Waals surface area contributed by atoms with Crippen molar-refractivity contribution in [1.29, 1.82) is 0 Å². The molecule has 0 saturated carbocycles. The molecule has 0 aliphatic rings. The van der Waals surface area contributed by atoms with Crippen molar-refractivity contribution in [2.24, 2.45) is 5.92 Å². The summed E-state index contributed by atoms with van der Waals surface area (Å²) in [7, 11) is -0.974. The van der Waals surface area contributed by atoms with Crippen LogP contribution in [-0.2, 0) is 14.8 Å². The van der Waals surface area contributed by atoms with Gasteiger partial charge in [0.15, 0.2) is 0 Å². The van der Waals surface area contributed by atoms with E-state index in [1.54, 1.807) is 44.2 Å². The van der Waals surface area contributed by atoms with Gasteiger partial charge in [0.05, 0.1) is 15.5 Å². The summed E-state index contributed by atoms with van der Waals surface area (Å²) in [6, 6.07) is 11.4. The maximum Gasteiger partial charge on any atom is 0.334 e. The van der Waals surface area contributed by atoms with Gasteiger partial charge in [-0.1, -0.05) is 43.6 Å². The van der Waals surface area contributed by atoms with Crippen LogP contribution in [0.3, 0.4) is 0 Å². The third-order valence-electron chi connectivity index (χ3n) is 4.13. The lowest BCUT2D eigenvalue weighted by molar-refractivity contribution is -0.137. The molecule has 29 heavy (non-hydrogen) atoms. The lowest BCUT2D eigenvalue weighted by Gasteiger charge is -2.21. The number of halogens is 1. The van der Waals surface area contributed by atoms with Crippen LogP contribution in [-0.4, -0.2) is 44.7 Å². The fourth-order valence-electron chi connectivity index (χ4n) is 2.43. The van der Waals surface area contributed by atoms with Crippen LogP contribution in [0, 0.1) is 5.92 Å². The Kier molecular flexibility index (Phi) is 7.40. The zero-order chi connectivity index (χ0) is 21.8. The van der Waals surface area contributed by atoms with Gasteiger partial charge in [-0.25, -0.2) is 17.5 Å². The lowest BCUT2D eigenvalue weighted by atomic mass is 10.0. The highest BCUT2D eigenvalue weighted by Crippen LogP contribution is 2.23. The number of benzene rings is 2. The summed E-state index contributed by atoms with van der Waals surface area (Å²) in [5, 5.41) is 2.66. The van der Waals surface area contributed by atoms with E-state index in [2.05, 4.69) is 5.32 Å². The van der Waals surface area contributed by atoms with Crippen molar-refractivity contribution in [3.05, 3.63) is 59.1 Å². The minimum absolute atomic E-state index is 0.0484. The Balaban J connectivity index is 2.27. The molecule has 1 amide bonds. The summed E-state index contributed by atoms with van der Waals surface area (Å²) >= 11 is 6.11. The molecule has 2 rings (SSSR count). The van der Waals surface area contributed by atoms with Crippen LogP contribution in [0.2, 0.25) is 5.02 Å². The fraction of sp³-hybridized carbons (Fsp3) is 0.300. The number of rotatable bonds is 7. The highest BCUT2D eigenvalue weighted by molar-refractivity contribution is 7.89. The first-order chi connectivity index (χ1) is 13.5. The zero-order valence-corrected chi connectivity index (χ0v) is 18.1. The van der Waals surface area contributed by atoms with E-state index in [0.29, 0.717) is 5.75 Å². The van der Waals surface area contributed by atoms with E-state index in [9.17, 15) is 18.0 Å². The molecule has 0 bridgehead atoms. The van der Waals surface area contributed by atoms with Crippen molar-refractivity contribution in [3.63, 3.8) is 0 Å². The summed E-state index contributed by atoms with van der Waals surface area (Å²) in [6.45, 7) is 3.51. The van der Waals surface area contributed by atoms with Crippen LogP contribution in [0.25, 0.3) is 0 Å². The molecule has 7 nitrogen and oxygen atoms in total. The highest BCUT2D eigenvalue weighted by atomic mass is 35.5. The number of hydrogen-bond acceptors (Lipinski definition) is 5. The normalized spacial score (nSPS) is 12.7. The second-order valence-corrected chi connectivity index (χ2v) is 9.42. The SMILES string of the molecule is CC(C)[C@H](NC(=O)c1cc(S(=O)(=O)N(C)C)ccc1Cl)C(=O)Oc1ccccc1. The summed E-state index contributed by atoms with van der Waals surface area (Å²) < 4.78 is 31.0. The second-order valence-electron chi connectivity index (χ2n) is 6.86. The molecule has 0 radical (unpaired) electrons. The van der Waals surface area contributed by atoms with Gasteiger partial charge in [-0.05, 0) is 36.2 Å². The van der Waals surface area contributed by atoms with Gasteiger partial charge < -0.3 is 10.1 Å². The molecule has 0 aliphatic carbocycles. The fourth-order valence-corrected chi connectivity index (χ4v) is 3.57. The number of nitrogens with zero attached hydrogens (tertiary/aromatic N) is 1. The van der Waals surface area contributed by atoms with Crippen molar-refractivity contribution in [2.45, 2.75) is 24.8 Å². The van der Waals surface area contributed by atoms with Gasteiger partial charge in [0, 0.05) is 14.1 Å². The standard InChI is InChI=1S/C20H23ClN2O5S/c1-13(2)18(20(25)28-14-8-6-5-7-9-14)22-19(24)16-12-15(10-11-17(16)21)29(26,27)23(3)4/h5-13,18H,1-4H3,(H,22,24)/t18-/m0/s1. The van der Waals surface area contributed by atoms with Crippen molar-refractivity contribution in [3.8, 4) is 5.75 Å². The average molecular weight is 439 g/mol. The first-order valence-corrected chi connectivity index (χ1v) is 10.7. The Morgan fingerprint density at radius 2 is 1.69 bits per heavy atom. The summed E-state index contributed by atoms with van der Waals surface area (Å²) in [6.07, 6.45) is 0. The van der Waals surface area contributed by atoms with Gasteiger partial charge in [0.2, 0.25) is 10.0 Å². The van der Waals surface area contributed by atoms with Gasteiger partial charge in [0.25, 0.3) is 5.91 Å². The molecule has 0 aromatic heterocycles. The summed E-state index contributed by atoms with van der Waals surface area (Å²) in [4.78, 5) is 25.2. The molecular weight excluding hydrogens is 416 g/mol. The van der Waals surface area contributed by atoms with Crippen LogP contribution in [0.1, 0.15) is 24.2 Å². The maximum atomic E-state index is 12.8. The van der Waals surface area contributed by atoms with E-state index >= 15 is 0 Å². The number of amides is 1. The molecule has 0 fully saturated rings.